The van der Waals surface area contributed by atoms with Gasteiger partial charge in [-0.3, -0.25) is 10.1 Å². The summed E-state index contributed by atoms with van der Waals surface area (Å²) in [6, 6.07) is 7.73. The van der Waals surface area contributed by atoms with Gasteiger partial charge >= 0.3 is 15.8 Å². The molecule has 2 aromatic rings. The average Bonchev–Trinajstić information content (AvgIpc) is 2.63. The number of halogens is 1. The van der Waals surface area contributed by atoms with E-state index >= 15 is 0 Å². The highest BCUT2D eigenvalue weighted by Crippen LogP contribution is 2.39. The first-order valence-electron chi connectivity index (χ1n) is 7.36. The van der Waals surface area contributed by atoms with Crippen molar-refractivity contribution in [1.29, 1.82) is 5.26 Å². The second-order valence-electron chi connectivity index (χ2n) is 4.96. The second kappa shape index (κ2) is 8.24. The molecule has 0 aliphatic carbocycles. The summed E-state index contributed by atoms with van der Waals surface area (Å²) in [6.07, 6.45) is 0. The molecule has 0 spiro atoms. The van der Waals surface area contributed by atoms with E-state index in [2.05, 4.69) is 15.9 Å². The third-order valence-corrected chi connectivity index (χ3v) is 5.07. The summed E-state index contributed by atoms with van der Waals surface area (Å²) in [7, 11) is -3.20. The molecule has 11 heteroatoms. The topological polar surface area (TPSA) is 129 Å². The Labute approximate surface area is 163 Å². The fourth-order valence-electron chi connectivity index (χ4n) is 2.10. The monoisotopic (exact) mass is 456 g/mol. The van der Waals surface area contributed by atoms with Crippen molar-refractivity contribution in [2.24, 2.45) is 0 Å². The van der Waals surface area contributed by atoms with Gasteiger partial charge in [0, 0.05) is 12.1 Å². The van der Waals surface area contributed by atoms with Gasteiger partial charge in [-0.25, -0.2) is 0 Å². The molecule has 0 saturated heterocycles. The van der Waals surface area contributed by atoms with Gasteiger partial charge in [-0.2, -0.15) is 13.7 Å². The van der Waals surface area contributed by atoms with Crippen LogP contribution in [0.25, 0.3) is 0 Å². The third-order valence-electron chi connectivity index (χ3n) is 3.27. The van der Waals surface area contributed by atoms with Crippen LogP contribution >= 0.6 is 15.9 Å². The van der Waals surface area contributed by atoms with Gasteiger partial charge in [-0.15, -0.1) is 0 Å². The van der Waals surface area contributed by atoms with Gasteiger partial charge in [-0.05, 0) is 41.1 Å². The summed E-state index contributed by atoms with van der Waals surface area (Å²) in [6.45, 7) is 1.88. The minimum absolute atomic E-state index is 0.0370. The van der Waals surface area contributed by atoms with Crippen molar-refractivity contribution in [3.8, 4) is 23.3 Å². The number of nitro groups is 1. The molecule has 0 bridgehead atoms. The Balaban J connectivity index is 2.53. The molecular formula is C16H13BrN2O7S. The maximum absolute atomic E-state index is 12.6. The SMILES string of the molecule is CCOc1cc(C#N)cc(Br)c1OS(=O)(=O)c1ccc(OC)c([N+](=O)[O-])c1. The van der Waals surface area contributed by atoms with Crippen molar-refractivity contribution >= 4 is 31.7 Å². The number of ether oxygens (including phenoxy) is 2. The Bertz CT molecular complexity index is 1030. The zero-order chi connectivity index (χ0) is 20.2. The molecule has 27 heavy (non-hydrogen) atoms. The van der Waals surface area contributed by atoms with Crippen LogP contribution in [0, 0.1) is 21.4 Å². The van der Waals surface area contributed by atoms with Crippen LogP contribution in [-0.2, 0) is 10.1 Å². The van der Waals surface area contributed by atoms with Crippen LogP contribution in [0.1, 0.15) is 12.5 Å². The lowest BCUT2D eigenvalue weighted by Crippen LogP contribution is -2.12. The molecule has 0 atom stereocenters. The quantitative estimate of drug-likeness (QED) is 0.352. The van der Waals surface area contributed by atoms with Gasteiger partial charge in [0.2, 0.25) is 0 Å². The van der Waals surface area contributed by atoms with E-state index in [1.165, 1.54) is 19.2 Å². The summed E-state index contributed by atoms with van der Waals surface area (Å²) in [4.78, 5) is 9.91. The van der Waals surface area contributed by atoms with Crippen LogP contribution in [-0.4, -0.2) is 27.1 Å². The Hall–Kier alpha value is -2.84. The molecule has 0 fully saturated rings. The fraction of sp³-hybridized carbons (Fsp3) is 0.188. The van der Waals surface area contributed by atoms with Crippen LogP contribution in [0.3, 0.4) is 0 Å². The van der Waals surface area contributed by atoms with Crippen molar-refractivity contribution in [2.75, 3.05) is 13.7 Å². The minimum atomic E-state index is -4.43. The lowest BCUT2D eigenvalue weighted by molar-refractivity contribution is -0.386. The Kier molecular flexibility index (Phi) is 6.24. The third kappa shape index (κ3) is 4.47. The number of benzene rings is 2. The smallest absolute Gasteiger partial charge is 0.339 e. The second-order valence-corrected chi connectivity index (χ2v) is 7.36. The molecule has 0 radical (unpaired) electrons. The molecule has 0 saturated carbocycles. The first-order chi connectivity index (χ1) is 12.7. The summed E-state index contributed by atoms with van der Waals surface area (Å²) >= 11 is 3.15. The highest BCUT2D eigenvalue weighted by Gasteiger charge is 2.26. The van der Waals surface area contributed by atoms with Crippen LogP contribution in [0.15, 0.2) is 39.7 Å². The minimum Gasteiger partial charge on any atom is -0.490 e. The molecule has 0 aliphatic heterocycles. The zero-order valence-corrected chi connectivity index (χ0v) is 16.5. The van der Waals surface area contributed by atoms with E-state index in [-0.39, 0.29) is 33.9 Å². The normalized spacial score (nSPS) is 10.7. The molecule has 0 unspecified atom stereocenters. The number of hydrogen-bond acceptors (Lipinski definition) is 8. The molecule has 2 rings (SSSR count). The van der Waals surface area contributed by atoms with Crippen LogP contribution < -0.4 is 13.7 Å². The highest BCUT2D eigenvalue weighted by molar-refractivity contribution is 9.10. The predicted octanol–water partition coefficient (Wildman–Crippen LogP) is 3.40. The van der Waals surface area contributed by atoms with E-state index in [0.717, 1.165) is 18.2 Å². The maximum atomic E-state index is 12.6. The van der Waals surface area contributed by atoms with Gasteiger partial charge in [0.15, 0.2) is 17.2 Å². The fourth-order valence-corrected chi connectivity index (χ4v) is 3.71. The molecule has 0 aliphatic rings. The molecule has 0 aromatic heterocycles. The van der Waals surface area contributed by atoms with Gasteiger partial charge in [0.25, 0.3) is 0 Å². The summed E-state index contributed by atoms with van der Waals surface area (Å²) in [5.74, 6) is -0.224. The number of nitrogens with zero attached hydrogens (tertiary/aromatic N) is 2. The predicted molar refractivity (Wildman–Crippen MR) is 97.5 cm³/mol. The highest BCUT2D eigenvalue weighted by atomic mass is 79.9. The summed E-state index contributed by atoms with van der Waals surface area (Å²) in [5, 5.41) is 20.1. The molecule has 142 valence electrons. The van der Waals surface area contributed by atoms with E-state index in [0.29, 0.717) is 0 Å². The number of nitriles is 1. The van der Waals surface area contributed by atoms with E-state index < -0.39 is 25.6 Å². The van der Waals surface area contributed by atoms with Crippen molar-refractivity contribution in [2.45, 2.75) is 11.8 Å². The maximum Gasteiger partial charge on any atom is 0.339 e. The summed E-state index contributed by atoms with van der Waals surface area (Å²) in [5.41, 5.74) is -0.291. The van der Waals surface area contributed by atoms with Crippen molar-refractivity contribution in [1.82, 2.24) is 0 Å². The van der Waals surface area contributed by atoms with E-state index in [9.17, 15) is 18.5 Å². The molecular weight excluding hydrogens is 444 g/mol. The van der Waals surface area contributed by atoms with Gasteiger partial charge in [0.05, 0.1) is 34.7 Å². The molecule has 0 amide bonds. The lowest BCUT2D eigenvalue weighted by Gasteiger charge is -2.14. The van der Waals surface area contributed by atoms with Crippen LogP contribution in [0.5, 0.6) is 17.2 Å². The standard InChI is InChI=1S/C16H13BrN2O7S/c1-3-25-15-7-10(9-18)6-12(17)16(15)26-27(22,23)11-4-5-14(24-2)13(8-11)19(20)21/h4-8H,3H2,1-2H3. The number of hydrogen-bond donors (Lipinski definition) is 0. The molecule has 0 heterocycles. The van der Waals surface area contributed by atoms with Gasteiger partial charge < -0.3 is 13.7 Å². The Morgan fingerprint density at radius 2 is 1.96 bits per heavy atom. The molecule has 0 N–H and O–H groups in total. The van der Waals surface area contributed by atoms with Gasteiger partial charge in [-0.1, -0.05) is 0 Å². The van der Waals surface area contributed by atoms with Crippen molar-refractivity contribution < 1.29 is 27.0 Å². The average molecular weight is 457 g/mol. The van der Waals surface area contributed by atoms with Crippen LogP contribution in [0.4, 0.5) is 5.69 Å². The number of rotatable bonds is 7. The number of methoxy groups -OCH3 is 1. The summed E-state index contributed by atoms with van der Waals surface area (Å²) < 4.78 is 40.7. The first-order valence-corrected chi connectivity index (χ1v) is 9.57. The van der Waals surface area contributed by atoms with Crippen molar-refractivity contribution in [3.63, 3.8) is 0 Å². The Morgan fingerprint density at radius 1 is 1.26 bits per heavy atom. The van der Waals surface area contributed by atoms with E-state index in [1.807, 2.05) is 6.07 Å². The molecule has 2 aromatic carbocycles. The van der Waals surface area contributed by atoms with Gasteiger partial charge in [0.1, 0.15) is 4.90 Å². The van der Waals surface area contributed by atoms with E-state index in [4.69, 9.17) is 18.9 Å². The largest absolute Gasteiger partial charge is 0.490 e. The molecule has 9 nitrogen and oxygen atoms in total. The lowest BCUT2D eigenvalue weighted by atomic mass is 10.2. The Morgan fingerprint density at radius 3 is 2.52 bits per heavy atom. The zero-order valence-electron chi connectivity index (χ0n) is 14.1. The van der Waals surface area contributed by atoms with E-state index in [1.54, 1.807) is 6.92 Å². The van der Waals surface area contributed by atoms with Crippen molar-refractivity contribution in [3.05, 3.63) is 50.5 Å². The van der Waals surface area contributed by atoms with Crippen LogP contribution in [0.2, 0.25) is 0 Å². The first kappa shape index (κ1) is 20.5. The number of nitro benzene ring substituents is 1.